The molecule has 0 aromatic heterocycles. The molecule has 1 rings (SSSR count). The van der Waals surface area contributed by atoms with Gasteiger partial charge in [0, 0.05) is 18.4 Å². The van der Waals surface area contributed by atoms with Crippen LogP contribution in [0.15, 0.2) is 0 Å². The highest BCUT2D eigenvalue weighted by atomic mass is 79.9. The monoisotopic (exact) mass is 261 g/mol. The molecule has 1 aliphatic heterocycles. The first-order valence-electron chi connectivity index (χ1n) is 6.04. The summed E-state index contributed by atoms with van der Waals surface area (Å²) in [6.07, 6.45) is 5.53. The second kappa shape index (κ2) is 6.84. The number of rotatable bonds is 5. The van der Waals surface area contributed by atoms with Crippen molar-refractivity contribution in [3.8, 4) is 0 Å². The lowest BCUT2D eigenvalue weighted by molar-refractivity contribution is 0.162. The van der Waals surface area contributed by atoms with E-state index in [0.29, 0.717) is 0 Å². The van der Waals surface area contributed by atoms with Crippen molar-refractivity contribution in [1.29, 1.82) is 0 Å². The van der Waals surface area contributed by atoms with E-state index in [0.717, 1.165) is 11.8 Å². The third-order valence-electron chi connectivity index (χ3n) is 3.17. The van der Waals surface area contributed by atoms with E-state index < -0.39 is 0 Å². The third-order valence-corrected chi connectivity index (χ3v) is 4.09. The molecule has 0 bridgehead atoms. The zero-order chi connectivity index (χ0) is 10.4. The average molecular weight is 262 g/mol. The molecule has 2 atom stereocenters. The fourth-order valence-corrected chi connectivity index (χ4v) is 3.00. The van der Waals surface area contributed by atoms with E-state index in [4.69, 9.17) is 0 Å². The van der Waals surface area contributed by atoms with E-state index in [-0.39, 0.29) is 0 Å². The van der Waals surface area contributed by atoms with Crippen molar-refractivity contribution in [3.63, 3.8) is 0 Å². The first kappa shape index (κ1) is 12.5. The highest BCUT2D eigenvalue weighted by Gasteiger charge is 2.19. The summed E-state index contributed by atoms with van der Waals surface area (Å²) >= 11 is 3.61. The number of hydrogen-bond acceptors (Lipinski definition) is 1. The van der Waals surface area contributed by atoms with Gasteiger partial charge in [0.05, 0.1) is 0 Å². The molecule has 0 radical (unpaired) electrons. The minimum absolute atomic E-state index is 0.883. The average Bonchev–Trinajstić information content (AvgIpc) is 2.18. The van der Waals surface area contributed by atoms with Gasteiger partial charge in [0.25, 0.3) is 0 Å². The predicted octanol–water partition coefficient (Wildman–Crippen LogP) is 3.53. The fraction of sp³-hybridized carbons (Fsp3) is 1.00. The van der Waals surface area contributed by atoms with E-state index in [1.54, 1.807) is 0 Å². The van der Waals surface area contributed by atoms with E-state index in [1.165, 1.54) is 50.6 Å². The van der Waals surface area contributed by atoms with E-state index in [9.17, 15) is 0 Å². The molecule has 0 spiro atoms. The Balaban J connectivity index is 2.22. The molecule has 1 saturated heterocycles. The van der Waals surface area contributed by atoms with Crippen LogP contribution in [0, 0.1) is 11.8 Å². The Morgan fingerprint density at radius 3 is 2.93 bits per heavy atom. The predicted molar refractivity (Wildman–Crippen MR) is 67.0 cm³/mol. The maximum Gasteiger partial charge on any atom is 0.00718 e. The lowest BCUT2D eigenvalue weighted by Crippen LogP contribution is -2.38. The molecule has 1 heterocycles. The molecule has 1 fully saturated rings. The van der Waals surface area contributed by atoms with Gasteiger partial charge in [-0.3, -0.25) is 0 Å². The molecule has 1 nitrogen and oxygen atoms in total. The van der Waals surface area contributed by atoms with Crippen LogP contribution in [0.3, 0.4) is 0 Å². The summed E-state index contributed by atoms with van der Waals surface area (Å²) in [7, 11) is 0. The molecule has 0 aliphatic carbocycles. The standard InChI is InChI=1S/C12H24BrN/c1-3-5-11(2)9-14-7-4-6-12(8-13)10-14/h11-12H,3-10H2,1-2H3. The van der Waals surface area contributed by atoms with Gasteiger partial charge in [0.1, 0.15) is 0 Å². The maximum absolute atomic E-state index is 3.61. The van der Waals surface area contributed by atoms with Crippen molar-refractivity contribution >= 4 is 15.9 Å². The van der Waals surface area contributed by atoms with Gasteiger partial charge in [0.2, 0.25) is 0 Å². The third kappa shape index (κ3) is 4.31. The molecule has 0 N–H and O–H groups in total. The van der Waals surface area contributed by atoms with Crippen molar-refractivity contribution in [1.82, 2.24) is 4.90 Å². The normalized spacial score (nSPS) is 26.4. The summed E-state index contributed by atoms with van der Waals surface area (Å²) in [4.78, 5) is 2.66. The lowest BCUT2D eigenvalue weighted by Gasteiger charge is -2.33. The smallest absolute Gasteiger partial charge is 0.00718 e. The number of likely N-dealkylation sites (tertiary alicyclic amines) is 1. The van der Waals surface area contributed by atoms with Crippen LogP contribution in [0.25, 0.3) is 0 Å². The largest absolute Gasteiger partial charge is 0.303 e. The first-order chi connectivity index (χ1) is 6.76. The van der Waals surface area contributed by atoms with Crippen LogP contribution in [0.4, 0.5) is 0 Å². The van der Waals surface area contributed by atoms with Gasteiger partial charge in [-0.1, -0.05) is 36.2 Å². The van der Waals surface area contributed by atoms with Gasteiger partial charge < -0.3 is 4.90 Å². The SMILES string of the molecule is CCCC(C)CN1CCCC(CBr)C1. The van der Waals surface area contributed by atoms with Crippen molar-refractivity contribution in [3.05, 3.63) is 0 Å². The van der Waals surface area contributed by atoms with E-state index >= 15 is 0 Å². The maximum atomic E-state index is 3.61. The van der Waals surface area contributed by atoms with Crippen LogP contribution in [0.1, 0.15) is 39.5 Å². The Morgan fingerprint density at radius 1 is 1.50 bits per heavy atom. The molecule has 0 amide bonds. The van der Waals surface area contributed by atoms with Gasteiger partial charge in [-0.05, 0) is 37.6 Å². The highest BCUT2D eigenvalue weighted by Crippen LogP contribution is 2.19. The summed E-state index contributed by atoms with van der Waals surface area (Å²) in [5, 5.41) is 1.19. The molecule has 14 heavy (non-hydrogen) atoms. The molecule has 0 saturated carbocycles. The summed E-state index contributed by atoms with van der Waals surface area (Å²) < 4.78 is 0. The molecule has 1 aliphatic rings. The van der Waals surface area contributed by atoms with Crippen molar-refractivity contribution in [2.45, 2.75) is 39.5 Å². The topological polar surface area (TPSA) is 3.24 Å². The van der Waals surface area contributed by atoms with Crippen LogP contribution >= 0.6 is 15.9 Å². The van der Waals surface area contributed by atoms with Crippen LogP contribution in [0.5, 0.6) is 0 Å². The Hall–Kier alpha value is 0.440. The zero-order valence-corrected chi connectivity index (χ0v) is 11.2. The van der Waals surface area contributed by atoms with Gasteiger partial charge in [0.15, 0.2) is 0 Å². The number of nitrogens with zero attached hydrogens (tertiary/aromatic N) is 1. The molecular formula is C12H24BrN. The van der Waals surface area contributed by atoms with Crippen molar-refractivity contribution in [2.24, 2.45) is 11.8 Å². The quantitative estimate of drug-likeness (QED) is 0.685. The number of alkyl halides is 1. The summed E-state index contributed by atoms with van der Waals surface area (Å²) in [6.45, 7) is 8.64. The van der Waals surface area contributed by atoms with Gasteiger partial charge in [-0.15, -0.1) is 0 Å². The van der Waals surface area contributed by atoms with Crippen LogP contribution in [-0.4, -0.2) is 29.9 Å². The summed E-state index contributed by atoms with van der Waals surface area (Å²) in [5.41, 5.74) is 0. The minimum Gasteiger partial charge on any atom is -0.303 e. The molecule has 84 valence electrons. The fourth-order valence-electron chi connectivity index (χ4n) is 2.47. The second-order valence-electron chi connectivity index (χ2n) is 4.82. The molecular weight excluding hydrogens is 238 g/mol. The van der Waals surface area contributed by atoms with Crippen LogP contribution in [-0.2, 0) is 0 Å². The summed E-state index contributed by atoms with van der Waals surface area (Å²) in [5.74, 6) is 1.78. The van der Waals surface area contributed by atoms with Crippen molar-refractivity contribution in [2.75, 3.05) is 25.0 Å². The van der Waals surface area contributed by atoms with Gasteiger partial charge >= 0.3 is 0 Å². The number of piperidine rings is 1. The summed E-state index contributed by atoms with van der Waals surface area (Å²) in [6, 6.07) is 0. The number of hydrogen-bond donors (Lipinski definition) is 0. The van der Waals surface area contributed by atoms with Gasteiger partial charge in [-0.2, -0.15) is 0 Å². The van der Waals surface area contributed by atoms with Gasteiger partial charge in [-0.25, -0.2) is 0 Å². The first-order valence-corrected chi connectivity index (χ1v) is 7.16. The van der Waals surface area contributed by atoms with E-state index in [1.807, 2.05) is 0 Å². The number of halogens is 1. The Bertz CT molecular complexity index is 149. The molecule has 0 aromatic carbocycles. The Morgan fingerprint density at radius 2 is 2.29 bits per heavy atom. The Kier molecular flexibility index (Phi) is 6.11. The van der Waals surface area contributed by atoms with Crippen molar-refractivity contribution < 1.29 is 0 Å². The van der Waals surface area contributed by atoms with Crippen LogP contribution < -0.4 is 0 Å². The Labute approximate surface area is 97.4 Å². The molecule has 2 heteroatoms. The lowest BCUT2D eigenvalue weighted by atomic mass is 9.98. The van der Waals surface area contributed by atoms with E-state index in [2.05, 4.69) is 34.7 Å². The second-order valence-corrected chi connectivity index (χ2v) is 5.46. The van der Waals surface area contributed by atoms with Crippen LogP contribution in [0.2, 0.25) is 0 Å². The highest BCUT2D eigenvalue weighted by molar-refractivity contribution is 9.09. The molecule has 0 aromatic rings. The molecule has 2 unspecified atom stereocenters. The zero-order valence-electron chi connectivity index (χ0n) is 9.64. The minimum atomic E-state index is 0.883.